The number of likely N-dealkylation sites (tertiary alicyclic amines) is 1. The number of nitrogens with one attached hydrogen (secondary N) is 1. The second-order valence-electron chi connectivity index (χ2n) is 7.50. The molecule has 1 amide bonds. The fourth-order valence-electron chi connectivity index (χ4n) is 2.84. The maximum atomic E-state index is 12.1. The molecule has 0 unspecified atom stereocenters. The van der Waals surface area contributed by atoms with E-state index in [1.165, 1.54) is 0 Å². The normalized spacial score (nSPS) is 15.9. The van der Waals surface area contributed by atoms with Crippen LogP contribution in [0.4, 0.5) is 4.79 Å². The molecular weight excluding hydrogens is 388 g/mol. The van der Waals surface area contributed by atoms with Crippen molar-refractivity contribution < 1.29 is 9.53 Å². The van der Waals surface area contributed by atoms with Gasteiger partial charge in [0.2, 0.25) is 0 Å². The molecule has 1 aliphatic heterocycles. The highest BCUT2D eigenvalue weighted by atomic mass is 35.5. The Morgan fingerprint density at radius 2 is 2.04 bits per heavy atom. The third kappa shape index (κ3) is 5.35. The Bertz CT molecular complexity index is 888. The van der Waals surface area contributed by atoms with Crippen LogP contribution in [0.5, 0.6) is 0 Å². The van der Waals surface area contributed by atoms with Gasteiger partial charge in [-0.05, 0) is 45.7 Å². The van der Waals surface area contributed by atoms with Crippen LogP contribution in [-0.2, 0) is 10.5 Å². The summed E-state index contributed by atoms with van der Waals surface area (Å²) in [4.78, 5) is 37.4. The Kier molecular flexibility index (Phi) is 5.95. The van der Waals surface area contributed by atoms with Crippen molar-refractivity contribution in [1.82, 2.24) is 19.9 Å². The number of ether oxygens (including phenoxy) is 1. The van der Waals surface area contributed by atoms with Crippen molar-refractivity contribution in [2.24, 2.45) is 0 Å². The zero-order chi connectivity index (χ0) is 19.6. The van der Waals surface area contributed by atoms with Crippen LogP contribution in [0.2, 0.25) is 5.15 Å². The summed E-state index contributed by atoms with van der Waals surface area (Å²) in [5, 5.41) is 1.14. The summed E-state index contributed by atoms with van der Waals surface area (Å²) in [7, 11) is 0. The van der Waals surface area contributed by atoms with Crippen LogP contribution in [0.3, 0.4) is 0 Å². The minimum absolute atomic E-state index is 0.209. The summed E-state index contributed by atoms with van der Waals surface area (Å²) >= 11 is 7.62. The molecule has 146 valence electrons. The fraction of sp³-hybridized carbons (Fsp3) is 0.556. The molecule has 2 aromatic heterocycles. The summed E-state index contributed by atoms with van der Waals surface area (Å²) in [5.74, 6) is 1.16. The number of nitrogens with zero attached hydrogens (tertiary/aromatic N) is 3. The van der Waals surface area contributed by atoms with E-state index in [2.05, 4.69) is 15.0 Å². The largest absolute Gasteiger partial charge is 0.444 e. The Morgan fingerprint density at radius 1 is 1.33 bits per heavy atom. The van der Waals surface area contributed by atoms with Gasteiger partial charge in [-0.2, -0.15) is 11.8 Å². The number of hydrogen-bond donors (Lipinski definition) is 1. The van der Waals surface area contributed by atoms with Crippen LogP contribution in [0.15, 0.2) is 16.9 Å². The van der Waals surface area contributed by atoms with Gasteiger partial charge in [0, 0.05) is 18.3 Å². The van der Waals surface area contributed by atoms with Crippen molar-refractivity contribution in [3.05, 3.63) is 33.5 Å². The van der Waals surface area contributed by atoms with E-state index in [0.717, 1.165) is 12.8 Å². The topological polar surface area (TPSA) is 88.2 Å². The number of carbonyl (C=O) groups excluding carboxylic acids is 1. The number of amides is 1. The van der Waals surface area contributed by atoms with Crippen LogP contribution in [-0.4, -0.2) is 49.9 Å². The Labute approximate surface area is 166 Å². The van der Waals surface area contributed by atoms with Gasteiger partial charge in [0.1, 0.15) is 16.6 Å². The molecule has 0 aliphatic carbocycles. The lowest BCUT2D eigenvalue weighted by Crippen LogP contribution is -2.42. The van der Waals surface area contributed by atoms with Crippen LogP contribution in [0, 0.1) is 0 Å². The van der Waals surface area contributed by atoms with Crippen molar-refractivity contribution in [2.75, 3.05) is 13.1 Å². The summed E-state index contributed by atoms with van der Waals surface area (Å²) in [6.07, 6.45) is 1.51. The molecule has 1 N–H and O–H groups in total. The molecule has 0 spiro atoms. The molecule has 27 heavy (non-hydrogen) atoms. The summed E-state index contributed by atoms with van der Waals surface area (Å²) in [5.41, 5.74) is -0.325. The SMILES string of the molecule is CC(C)(C)OC(=O)N1CCC(SCc2nc3nc(Cl)ccc3c(=O)[nH]2)CC1. The van der Waals surface area contributed by atoms with Crippen molar-refractivity contribution >= 4 is 40.5 Å². The number of aromatic amines is 1. The molecule has 9 heteroatoms. The lowest BCUT2D eigenvalue weighted by atomic mass is 10.1. The first kappa shape index (κ1) is 19.9. The number of piperidine rings is 1. The van der Waals surface area contributed by atoms with Gasteiger partial charge < -0.3 is 14.6 Å². The van der Waals surface area contributed by atoms with Crippen LogP contribution in [0.25, 0.3) is 11.0 Å². The molecular formula is C18H23ClN4O3S. The van der Waals surface area contributed by atoms with E-state index in [4.69, 9.17) is 16.3 Å². The van der Waals surface area contributed by atoms with Crippen LogP contribution >= 0.6 is 23.4 Å². The van der Waals surface area contributed by atoms with Crippen molar-refractivity contribution in [3.8, 4) is 0 Å². The molecule has 1 aliphatic rings. The van der Waals surface area contributed by atoms with Crippen LogP contribution in [0.1, 0.15) is 39.4 Å². The highest BCUT2D eigenvalue weighted by molar-refractivity contribution is 7.99. The average molecular weight is 411 g/mol. The maximum absolute atomic E-state index is 12.1. The van der Waals surface area contributed by atoms with Gasteiger partial charge >= 0.3 is 6.09 Å². The third-order valence-electron chi connectivity index (χ3n) is 4.13. The molecule has 0 bridgehead atoms. The standard InChI is InChI=1S/C18H23ClN4O3S/c1-18(2,3)26-17(25)23-8-6-11(7-9-23)27-10-14-21-15-12(16(24)22-14)4-5-13(19)20-15/h4-5,11H,6-10H2,1-3H3,(H,20,21,22,24). The predicted molar refractivity (Wildman–Crippen MR) is 107 cm³/mol. The number of pyridine rings is 1. The van der Waals surface area contributed by atoms with Gasteiger partial charge in [-0.25, -0.2) is 14.8 Å². The number of rotatable bonds is 3. The van der Waals surface area contributed by atoms with E-state index in [-0.39, 0.29) is 11.7 Å². The second-order valence-corrected chi connectivity index (χ2v) is 9.17. The Morgan fingerprint density at radius 3 is 2.70 bits per heavy atom. The lowest BCUT2D eigenvalue weighted by molar-refractivity contribution is 0.0219. The maximum Gasteiger partial charge on any atom is 0.410 e. The fourth-order valence-corrected chi connectivity index (χ4v) is 4.06. The zero-order valence-corrected chi connectivity index (χ0v) is 17.2. The van der Waals surface area contributed by atoms with Gasteiger partial charge in [-0.15, -0.1) is 0 Å². The molecule has 0 aromatic carbocycles. The summed E-state index contributed by atoms with van der Waals surface area (Å²) in [6, 6.07) is 3.20. The van der Waals surface area contributed by atoms with Crippen molar-refractivity contribution in [2.45, 2.75) is 50.2 Å². The minimum atomic E-state index is -0.479. The first-order valence-electron chi connectivity index (χ1n) is 8.86. The Balaban J connectivity index is 1.55. The third-order valence-corrected chi connectivity index (χ3v) is 5.73. The van der Waals surface area contributed by atoms with E-state index in [1.54, 1.807) is 28.8 Å². The van der Waals surface area contributed by atoms with E-state index >= 15 is 0 Å². The molecule has 7 nitrogen and oxygen atoms in total. The van der Waals surface area contributed by atoms with Gasteiger partial charge in [-0.3, -0.25) is 4.79 Å². The molecule has 3 rings (SSSR count). The first-order chi connectivity index (χ1) is 12.7. The smallest absolute Gasteiger partial charge is 0.410 e. The molecule has 2 aromatic rings. The summed E-state index contributed by atoms with van der Waals surface area (Å²) < 4.78 is 5.42. The van der Waals surface area contributed by atoms with Gasteiger partial charge in [0.25, 0.3) is 5.56 Å². The van der Waals surface area contributed by atoms with Crippen LogP contribution < -0.4 is 5.56 Å². The van der Waals surface area contributed by atoms with Gasteiger partial charge in [0.05, 0.1) is 11.1 Å². The molecule has 0 saturated carbocycles. The summed E-state index contributed by atoms with van der Waals surface area (Å²) in [6.45, 7) is 6.95. The number of carbonyl (C=O) groups is 1. The number of hydrogen-bond acceptors (Lipinski definition) is 6. The van der Waals surface area contributed by atoms with E-state index in [9.17, 15) is 9.59 Å². The average Bonchev–Trinajstić information content (AvgIpc) is 2.58. The monoisotopic (exact) mass is 410 g/mol. The van der Waals surface area contributed by atoms with E-state index in [1.807, 2.05) is 20.8 Å². The van der Waals surface area contributed by atoms with Gasteiger partial charge in [-0.1, -0.05) is 11.6 Å². The highest BCUT2D eigenvalue weighted by Crippen LogP contribution is 2.26. The molecule has 1 fully saturated rings. The molecule has 0 atom stereocenters. The van der Waals surface area contributed by atoms with Crippen molar-refractivity contribution in [1.29, 1.82) is 0 Å². The highest BCUT2D eigenvalue weighted by Gasteiger charge is 2.27. The number of halogens is 1. The minimum Gasteiger partial charge on any atom is -0.444 e. The molecule has 3 heterocycles. The van der Waals surface area contributed by atoms with Gasteiger partial charge in [0.15, 0.2) is 5.65 Å². The van der Waals surface area contributed by atoms with E-state index in [0.29, 0.717) is 46.1 Å². The lowest BCUT2D eigenvalue weighted by Gasteiger charge is -2.33. The predicted octanol–water partition coefficient (Wildman–Crippen LogP) is 3.60. The molecule has 0 radical (unpaired) electrons. The molecule has 1 saturated heterocycles. The number of thioether (sulfide) groups is 1. The van der Waals surface area contributed by atoms with Crippen molar-refractivity contribution in [3.63, 3.8) is 0 Å². The first-order valence-corrected chi connectivity index (χ1v) is 10.3. The number of aromatic nitrogens is 3. The quantitative estimate of drug-likeness (QED) is 0.777. The van der Waals surface area contributed by atoms with E-state index < -0.39 is 5.60 Å². The zero-order valence-electron chi connectivity index (χ0n) is 15.6. The Hall–Kier alpha value is -1.80. The second kappa shape index (κ2) is 8.06. The number of H-pyrrole nitrogens is 1. The number of fused-ring (bicyclic) bond motifs is 1.